The van der Waals surface area contributed by atoms with Gasteiger partial charge in [0.25, 0.3) is 0 Å². The molecule has 0 radical (unpaired) electrons. The maximum Gasteiger partial charge on any atom is 0.244 e. The number of benzene rings is 2. The summed E-state index contributed by atoms with van der Waals surface area (Å²) in [5.74, 6) is 2.19. The SMILES string of the molecule is CCSc1ccc(Cl)cc1CC(=O)N/N=C\c1cc(OC)c(OC)c(OC)c1. The Hall–Kier alpha value is -2.38. The second-order valence-corrected chi connectivity index (χ2v) is 7.36. The van der Waals surface area contributed by atoms with E-state index in [-0.39, 0.29) is 12.3 Å². The van der Waals surface area contributed by atoms with Crippen molar-refractivity contribution in [3.05, 3.63) is 46.5 Å². The Morgan fingerprint density at radius 2 is 1.82 bits per heavy atom. The summed E-state index contributed by atoms with van der Waals surface area (Å²) in [5, 5.41) is 4.63. The predicted octanol–water partition coefficient (Wildman–Crippen LogP) is 4.17. The molecular formula is C20H23ClN2O4S. The molecule has 0 saturated carbocycles. The third kappa shape index (κ3) is 5.81. The Labute approximate surface area is 174 Å². The lowest BCUT2D eigenvalue weighted by Gasteiger charge is -2.12. The molecule has 0 saturated heterocycles. The van der Waals surface area contributed by atoms with Gasteiger partial charge in [0.2, 0.25) is 11.7 Å². The molecule has 0 aromatic heterocycles. The summed E-state index contributed by atoms with van der Waals surface area (Å²) in [6.07, 6.45) is 1.71. The molecule has 0 fully saturated rings. The molecule has 0 spiro atoms. The van der Waals surface area contributed by atoms with Crippen molar-refractivity contribution < 1.29 is 19.0 Å². The number of amides is 1. The maximum atomic E-state index is 12.3. The second-order valence-electron chi connectivity index (χ2n) is 5.61. The van der Waals surface area contributed by atoms with Crippen LogP contribution < -0.4 is 19.6 Å². The van der Waals surface area contributed by atoms with Gasteiger partial charge in [-0.05, 0) is 41.6 Å². The summed E-state index contributed by atoms with van der Waals surface area (Å²) < 4.78 is 15.9. The zero-order valence-electron chi connectivity index (χ0n) is 16.2. The molecule has 0 atom stereocenters. The number of hydrogen-bond acceptors (Lipinski definition) is 6. The molecule has 0 aliphatic carbocycles. The number of rotatable bonds is 9. The van der Waals surface area contributed by atoms with E-state index in [1.54, 1.807) is 23.9 Å². The first-order valence-electron chi connectivity index (χ1n) is 8.55. The first kappa shape index (κ1) is 21.9. The van der Waals surface area contributed by atoms with Gasteiger partial charge >= 0.3 is 0 Å². The van der Waals surface area contributed by atoms with Gasteiger partial charge in [0.05, 0.1) is 34.0 Å². The van der Waals surface area contributed by atoms with Crippen LogP contribution in [0.5, 0.6) is 17.2 Å². The van der Waals surface area contributed by atoms with Gasteiger partial charge in [0, 0.05) is 15.5 Å². The molecule has 2 rings (SSSR count). The van der Waals surface area contributed by atoms with Crippen molar-refractivity contribution in [1.29, 1.82) is 0 Å². The fourth-order valence-corrected chi connectivity index (χ4v) is 3.54. The van der Waals surface area contributed by atoms with E-state index in [9.17, 15) is 4.79 Å². The highest BCUT2D eigenvalue weighted by atomic mass is 35.5. The van der Waals surface area contributed by atoms with E-state index < -0.39 is 0 Å². The number of carbonyl (C=O) groups is 1. The molecule has 0 aliphatic heterocycles. The van der Waals surface area contributed by atoms with Crippen LogP contribution in [0, 0.1) is 0 Å². The van der Waals surface area contributed by atoms with E-state index in [2.05, 4.69) is 17.5 Å². The van der Waals surface area contributed by atoms with Crippen LogP contribution in [0.2, 0.25) is 5.02 Å². The molecule has 0 heterocycles. The molecule has 2 aromatic carbocycles. The summed E-state index contributed by atoms with van der Waals surface area (Å²) in [6.45, 7) is 2.06. The van der Waals surface area contributed by atoms with Gasteiger partial charge < -0.3 is 14.2 Å². The lowest BCUT2D eigenvalue weighted by atomic mass is 10.1. The average Bonchev–Trinajstić information content (AvgIpc) is 2.69. The summed E-state index contributed by atoms with van der Waals surface area (Å²) >= 11 is 7.73. The van der Waals surface area contributed by atoms with E-state index in [1.165, 1.54) is 27.5 Å². The van der Waals surface area contributed by atoms with Gasteiger partial charge in [-0.2, -0.15) is 5.10 Å². The molecule has 0 bridgehead atoms. The zero-order valence-corrected chi connectivity index (χ0v) is 17.8. The topological polar surface area (TPSA) is 69.2 Å². The fourth-order valence-electron chi connectivity index (χ4n) is 2.55. The number of hydrogen-bond donors (Lipinski definition) is 1. The lowest BCUT2D eigenvalue weighted by Crippen LogP contribution is -2.20. The van der Waals surface area contributed by atoms with Gasteiger partial charge in [0.15, 0.2) is 11.5 Å². The van der Waals surface area contributed by atoms with Gasteiger partial charge in [-0.3, -0.25) is 4.79 Å². The van der Waals surface area contributed by atoms with Crippen LogP contribution in [0.25, 0.3) is 0 Å². The number of thioether (sulfide) groups is 1. The van der Waals surface area contributed by atoms with Crippen LogP contribution in [-0.4, -0.2) is 39.2 Å². The van der Waals surface area contributed by atoms with Gasteiger partial charge in [-0.15, -0.1) is 11.8 Å². The average molecular weight is 423 g/mol. The van der Waals surface area contributed by atoms with Crippen LogP contribution >= 0.6 is 23.4 Å². The van der Waals surface area contributed by atoms with Crippen molar-refractivity contribution in [3.8, 4) is 17.2 Å². The lowest BCUT2D eigenvalue weighted by molar-refractivity contribution is -0.120. The fraction of sp³-hybridized carbons (Fsp3) is 0.300. The van der Waals surface area contributed by atoms with Crippen LogP contribution in [0.4, 0.5) is 0 Å². The Morgan fingerprint density at radius 1 is 1.14 bits per heavy atom. The largest absolute Gasteiger partial charge is 0.493 e. The number of methoxy groups -OCH3 is 3. The Morgan fingerprint density at radius 3 is 2.39 bits per heavy atom. The molecule has 0 aliphatic rings. The van der Waals surface area contributed by atoms with E-state index in [0.29, 0.717) is 27.8 Å². The first-order valence-corrected chi connectivity index (χ1v) is 9.91. The number of nitrogens with zero attached hydrogens (tertiary/aromatic N) is 1. The smallest absolute Gasteiger partial charge is 0.244 e. The quantitative estimate of drug-likeness (QED) is 0.373. The van der Waals surface area contributed by atoms with Gasteiger partial charge in [-0.25, -0.2) is 5.43 Å². The van der Waals surface area contributed by atoms with Crippen molar-refractivity contribution >= 4 is 35.5 Å². The van der Waals surface area contributed by atoms with Crippen molar-refractivity contribution in [2.75, 3.05) is 27.1 Å². The van der Waals surface area contributed by atoms with Crippen molar-refractivity contribution in [1.82, 2.24) is 5.43 Å². The molecule has 150 valence electrons. The van der Waals surface area contributed by atoms with Gasteiger partial charge in [0.1, 0.15) is 0 Å². The zero-order chi connectivity index (χ0) is 20.5. The standard InChI is InChI=1S/C20H23ClN2O4S/c1-5-28-18-7-6-15(21)10-14(18)11-19(24)23-22-12-13-8-16(25-2)20(27-4)17(9-13)26-3/h6-10,12H,5,11H2,1-4H3,(H,23,24)/b22-12-. The molecule has 28 heavy (non-hydrogen) atoms. The highest BCUT2D eigenvalue weighted by Crippen LogP contribution is 2.37. The van der Waals surface area contributed by atoms with Crippen molar-refractivity contribution in [2.24, 2.45) is 5.10 Å². The van der Waals surface area contributed by atoms with Crippen LogP contribution in [0.1, 0.15) is 18.1 Å². The first-order chi connectivity index (χ1) is 13.5. The molecule has 0 unspecified atom stereocenters. The molecule has 2 aromatic rings. The Balaban J connectivity index is 2.09. The van der Waals surface area contributed by atoms with Crippen molar-refractivity contribution in [2.45, 2.75) is 18.2 Å². The van der Waals surface area contributed by atoms with Gasteiger partial charge in [-0.1, -0.05) is 18.5 Å². The number of hydrazone groups is 1. The summed E-state index contributed by atoms with van der Waals surface area (Å²) in [7, 11) is 4.61. The molecule has 8 heteroatoms. The molecule has 1 amide bonds. The van der Waals surface area contributed by atoms with E-state index in [4.69, 9.17) is 25.8 Å². The van der Waals surface area contributed by atoms with E-state index in [1.807, 2.05) is 18.2 Å². The van der Waals surface area contributed by atoms with Crippen LogP contribution in [0.15, 0.2) is 40.3 Å². The summed E-state index contributed by atoms with van der Waals surface area (Å²) in [5.41, 5.74) is 4.11. The van der Waals surface area contributed by atoms with E-state index >= 15 is 0 Å². The van der Waals surface area contributed by atoms with E-state index in [0.717, 1.165) is 16.2 Å². The normalized spacial score (nSPS) is 10.8. The molecular weight excluding hydrogens is 400 g/mol. The number of halogens is 1. The molecule has 6 nitrogen and oxygen atoms in total. The number of carbonyl (C=O) groups excluding carboxylic acids is 1. The minimum atomic E-state index is -0.232. The van der Waals surface area contributed by atoms with Crippen LogP contribution in [0.3, 0.4) is 0 Å². The minimum absolute atomic E-state index is 0.190. The highest BCUT2D eigenvalue weighted by molar-refractivity contribution is 7.99. The summed E-state index contributed by atoms with van der Waals surface area (Å²) in [4.78, 5) is 13.3. The molecule has 1 N–H and O–H groups in total. The van der Waals surface area contributed by atoms with Crippen LogP contribution in [-0.2, 0) is 11.2 Å². The monoisotopic (exact) mass is 422 g/mol. The Kier molecular flexibility index (Phi) is 8.47. The number of ether oxygens (including phenoxy) is 3. The maximum absolute atomic E-state index is 12.3. The highest BCUT2D eigenvalue weighted by Gasteiger charge is 2.12. The third-order valence-electron chi connectivity index (χ3n) is 3.76. The predicted molar refractivity (Wildman–Crippen MR) is 113 cm³/mol. The third-order valence-corrected chi connectivity index (χ3v) is 5.00. The Bertz CT molecular complexity index is 833. The number of nitrogens with one attached hydrogen (secondary N) is 1. The summed E-state index contributed by atoms with van der Waals surface area (Å²) in [6, 6.07) is 9.04. The minimum Gasteiger partial charge on any atom is -0.493 e. The van der Waals surface area contributed by atoms with Crippen molar-refractivity contribution in [3.63, 3.8) is 0 Å². The second kappa shape index (κ2) is 10.8.